The topological polar surface area (TPSA) is 103 Å². The second-order valence-corrected chi connectivity index (χ2v) is 0.819. The smallest absolute Gasteiger partial charge is 0.545 e. The summed E-state index contributed by atoms with van der Waals surface area (Å²) in [5.74, 6) is -1.14. The first kappa shape index (κ1) is 23.3. The molecule has 0 aliphatic rings. The molecule has 0 aromatic rings. The van der Waals surface area contributed by atoms with Crippen LogP contribution >= 0.6 is 0 Å². The first-order chi connectivity index (χ1) is 2.77. The molecule has 0 saturated heterocycles. The van der Waals surface area contributed by atoms with Crippen LogP contribution in [0.25, 0.3) is 0 Å². The molecule has 0 aromatic heterocycles. The third kappa shape index (κ3) is 34.1. The molecule has 0 heterocycles. The van der Waals surface area contributed by atoms with E-state index < -0.39 is 5.97 Å². The Morgan fingerprint density at radius 1 is 1.44 bits per heavy atom. The van der Waals surface area contributed by atoms with Gasteiger partial charge in [0.2, 0.25) is 0 Å². The Kier molecular flexibility index (Phi) is 40.5. The van der Waals surface area contributed by atoms with Crippen LogP contribution in [0.2, 0.25) is 0 Å². The van der Waals surface area contributed by atoms with E-state index in [0.717, 1.165) is 6.08 Å². The van der Waals surface area contributed by atoms with Crippen molar-refractivity contribution in [2.24, 2.45) is 0 Å². The molecule has 0 bridgehead atoms. The van der Waals surface area contributed by atoms with Gasteiger partial charge in [-0.15, -0.1) is 0 Å². The zero-order valence-electron chi connectivity index (χ0n) is 5.47. The van der Waals surface area contributed by atoms with Gasteiger partial charge in [0.1, 0.15) is 0 Å². The zero-order chi connectivity index (χ0) is 4.99. The number of aliphatic carboxylic acids is 1. The van der Waals surface area contributed by atoms with E-state index in [9.17, 15) is 9.90 Å². The average molecular weight is 128 g/mol. The number of carbonyl (C=O) groups excluding carboxylic acids is 1. The summed E-state index contributed by atoms with van der Waals surface area (Å²) in [6.07, 6.45) is 2.38. The molecule has 0 rings (SSSR count). The maximum atomic E-state index is 9.40. The van der Waals surface area contributed by atoms with Crippen LogP contribution in [0.4, 0.5) is 0 Å². The number of hydrogen-bond acceptors (Lipinski definition) is 2. The number of rotatable bonds is 1. The number of hydrogen-bond donors (Lipinski definition) is 0. The van der Waals surface area contributed by atoms with E-state index in [0.29, 0.717) is 0 Å². The number of allylic oxidation sites excluding steroid dienone is 1. The van der Waals surface area contributed by atoms with Crippen LogP contribution in [-0.4, -0.2) is 16.9 Å². The predicted molar refractivity (Wildman–Crippen MR) is 27.0 cm³/mol. The minimum absolute atomic E-state index is 0. The van der Waals surface area contributed by atoms with Crippen molar-refractivity contribution in [3.63, 3.8) is 0 Å². The predicted octanol–water partition coefficient (Wildman–Crippen LogP) is -5.33. The zero-order valence-corrected chi connectivity index (χ0v) is 5.47. The molecule has 0 atom stereocenters. The third-order valence-corrected chi connectivity index (χ3v) is 0.303. The van der Waals surface area contributed by atoms with E-state index in [1.54, 1.807) is 6.92 Å². The van der Waals surface area contributed by atoms with Gasteiger partial charge in [0, 0.05) is 0 Å². The molecule has 0 spiro atoms. The Labute approximate surface area is 65.4 Å². The largest absolute Gasteiger partial charge is 1.00 e. The van der Waals surface area contributed by atoms with E-state index in [2.05, 4.69) is 0 Å². The van der Waals surface area contributed by atoms with Gasteiger partial charge in [0.25, 0.3) is 0 Å². The van der Waals surface area contributed by atoms with Crippen molar-refractivity contribution in [1.29, 1.82) is 0 Å². The van der Waals surface area contributed by atoms with Crippen LogP contribution < -0.4 is 24.0 Å². The molecule has 5 heteroatoms. The van der Waals surface area contributed by atoms with Gasteiger partial charge in [0.05, 0.1) is 5.97 Å². The first-order valence-corrected chi connectivity index (χ1v) is 1.61. The van der Waals surface area contributed by atoms with E-state index in [4.69, 9.17) is 0 Å². The molecular weight excluding hydrogens is 119 g/mol. The Bertz CT molecular complexity index is 80.6. The number of carbonyl (C=O) groups is 1. The van der Waals surface area contributed by atoms with Crippen LogP contribution in [0.15, 0.2) is 12.2 Å². The normalized spacial score (nSPS) is 6.33. The monoisotopic (exact) mass is 128 g/mol. The molecule has 0 unspecified atom stereocenters. The Morgan fingerprint density at radius 2 is 1.78 bits per heavy atom. The van der Waals surface area contributed by atoms with Crippen molar-refractivity contribution < 1.29 is 39.7 Å². The standard InChI is InChI=1S/C4H6O2.Li.2H2O/c1-2-3-4(5)6;;;/h2-3H,1H3,(H,5,6);;2*1H2/q;+1;;/p-1/b3-2+;;;. The summed E-state index contributed by atoms with van der Waals surface area (Å²) in [5.41, 5.74) is 0. The van der Waals surface area contributed by atoms with Gasteiger partial charge in [-0.1, -0.05) is 6.08 Å². The molecule has 9 heavy (non-hydrogen) atoms. The van der Waals surface area contributed by atoms with Crippen LogP contribution in [0.1, 0.15) is 6.92 Å². The summed E-state index contributed by atoms with van der Waals surface area (Å²) in [6.45, 7) is 1.62. The molecule has 0 radical (unpaired) electrons. The summed E-state index contributed by atoms with van der Waals surface area (Å²) < 4.78 is 0. The Balaban J connectivity index is -0.0000000417. The summed E-state index contributed by atoms with van der Waals surface area (Å²) in [5, 5.41) is 9.40. The number of carboxylic acids is 1. The number of carboxylic acid groups (broad SMARTS) is 1. The third-order valence-electron chi connectivity index (χ3n) is 0.303. The fourth-order valence-electron chi connectivity index (χ4n) is 0.136. The molecule has 50 valence electrons. The SMILES string of the molecule is C/C=C/C(=O)[O-].O.O.[Li+]. The van der Waals surface area contributed by atoms with Crippen LogP contribution in [0, 0.1) is 0 Å². The maximum absolute atomic E-state index is 9.40. The molecule has 0 amide bonds. The van der Waals surface area contributed by atoms with Crippen LogP contribution in [-0.2, 0) is 4.79 Å². The quantitative estimate of drug-likeness (QED) is 0.260. The average Bonchev–Trinajstić information content (AvgIpc) is 1.35. The molecule has 0 aliphatic carbocycles. The summed E-state index contributed by atoms with van der Waals surface area (Å²) in [4.78, 5) is 9.40. The Morgan fingerprint density at radius 3 is 1.78 bits per heavy atom. The first-order valence-electron chi connectivity index (χ1n) is 1.61. The van der Waals surface area contributed by atoms with Crippen LogP contribution in [0.3, 0.4) is 0 Å². The summed E-state index contributed by atoms with van der Waals surface area (Å²) in [6, 6.07) is 0. The molecule has 4 nitrogen and oxygen atoms in total. The van der Waals surface area contributed by atoms with Gasteiger partial charge in [0.15, 0.2) is 0 Å². The fourth-order valence-corrected chi connectivity index (χ4v) is 0.136. The van der Waals surface area contributed by atoms with Crippen molar-refractivity contribution >= 4 is 5.97 Å². The van der Waals surface area contributed by atoms with Crippen molar-refractivity contribution in [2.45, 2.75) is 6.92 Å². The van der Waals surface area contributed by atoms with Gasteiger partial charge >= 0.3 is 18.9 Å². The van der Waals surface area contributed by atoms with Gasteiger partial charge in [-0.3, -0.25) is 0 Å². The van der Waals surface area contributed by atoms with Crippen molar-refractivity contribution in [3.8, 4) is 0 Å². The van der Waals surface area contributed by atoms with Gasteiger partial charge < -0.3 is 20.9 Å². The van der Waals surface area contributed by atoms with Gasteiger partial charge in [-0.05, 0) is 13.0 Å². The molecule has 0 fully saturated rings. The van der Waals surface area contributed by atoms with Crippen LogP contribution in [0.5, 0.6) is 0 Å². The molecule has 0 aliphatic heterocycles. The molecule has 0 saturated carbocycles. The fraction of sp³-hybridized carbons (Fsp3) is 0.250. The van der Waals surface area contributed by atoms with Crippen molar-refractivity contribution in [1.82, 2.24) is 0 Å². The second kappa shape index (κ2) is 15.6. The van der Waals surface area contributed by atoms with E-state index >= 15 is 0 Å². The minimum atomic E-state index is -1.14. The van der Waals surface area contributed by atoms with Crippen molar-refractivity contribution in [2.75, 3.05) is 0 Å². The van der Waals surface area contributed by atoms with Gasteiger partial charge in [-0.2, -0.15) is 0 Å². The van der Waals surface area contributed by atoms with Gasteiger partial charge in [-0.25, -0.2) is 0 Å². The summed E-state index contributed by atoms with van der Waals surface area (Å²) in [7, 11) is 0. The van der Waals surface area contributed by atoms with Crippen molar-refractivity contribution in [3.05, 3.63) is 12.2 Å². The minimum Gasteiger partial charge on any atom is -0.545 e. The second-order valence-electron chi connectivity index (χ2n) is 0.819. The maximum Gasteiger partial charge on any atom is 1.00 e. The summed E-state index contributed by atoms with van der Waals surface area (Å²) >= 11 is 0. The van der Waals surface area contributed by atoms with E-state index in [1.165, 1.54) is 6.08 Å². The molecule has 4 N–H and O–H groups in total. The Hall–Kier alpha value is -0.273. The molecular formula is C4H9LiO4. The van der Waals surface area contributed by atoms with E-state index in [-0.39, 0.29) is 29.8 Å². The van der Waals surface area contributed by atoms with E-state index in [1.807, 2.05) is 0 Å². The molecule has 0 aromatic carbocycles.